The fourth-order valence-corrected chi connectivity index (χ4v) is 4.94. The predicted octanol–water partition coefficient (Wildman–Crippen LogP) is 3.37. The van der Waals surface area contributed by atoms with Crippen molar-refractivity contribution in [3.63, 3.8) is 0 Å². The molecule has 196 valence electrons. The van der Waals surface area contributed by atoms with Crippen LogP contribution in [0.25, 0.3) is 10.2 Å². The molecule has 3 aromatic carbocycles. The second-order valence-electron chi connectivity index (χ2n) is 8.28. The monoisotopic (exact) mass is 535 g/mol. The number of rotatable bonds is 10. The van der Waals surface area contributed by atoms with E-state index < -0.39 is 29.7 Å². The number of aliphatic hydroxyl groups is 1. The maximum atomic E-state index is 12.6. The van der Waals surface area contributed by atoms with E-state index in [4.69, 9.17) is 4.74 Å². The van der Waals surface area contributed by atoms with Crippen LogP contribution in [-0.4, -0.2) is 48.2 Å². The lowest BCUT2D eigenvalue weighted by Gasteiger charge is -2.12. The lowest BCUT2D eigenvalue weighted by Crippen LogP contribution is -2.33. The zero-order chi connectivity index (χ0) is 27.2. The SMILES string of the molecule is COC(=O)C(C(=O)OC)C(=O)c1ccc(OCCn2c(=O)sc3cc(C(O)c4ccccc4)ccc32)cc1. The summed E-state index contributed by atoms with van der Waals surface area (Å²) in [4.78, 5) is 48.9. The second-order valence-corrected chi connectivity index (χ2v) is 9.27. The van der Waals surface area contributed by atoms with Crippen LogP contribution < -0.4 is 9.61 Å². The van der Waals surface area contributed by atoms with Crippen molar-refractivity contribution in [1.29, 1.82) is 0 Å². The molecule has 0 spiro atoms. The first-order valence-electron chi connectivity index (χ1n) is 11.6. The molecule has 38 heavy (non-hydrogen) atoms. The van der Waals surface area contributed by atoms with Gasteiger partial charge in [0.1, 0.15) is 18.5 Å². The summed E-state index contributed by atoms with van der Waals surface area (Å²) in [5.41, 5.74) is 2.33. The second kappa shape index (κ2) is 11.8. The Morgan fingerprint density at radius 1 is 0.895 bits per heavy atom. The molecule has 0 aliphatic carbocycles. The number of aliphatic hydroxyl groups excluding tert-OH is 1. The van der Waals surface area contributed by atoms with E-state index >= 15 is 0 Å². The Labute approximate surface area is 221 Å². The lowest BCUT2D eigenvalue weighted by molar-refractivity contribution is -0.155. The van der Waals surface area contributed by atoms with Crippen LogP contribution >= 0.6 is 11.3 Å². The third-order valence-electron chi connectivity index (χ3n) is 5.98. The summed E-state index contributed by atoms with van der Waals surface area (Å²) in [6.07, 6.45) is -0.792. The molecule has 1 unspecified atom stereocenters. The first-order valence-corrected chi connectivity index (χ1v) is 12.4. The molecule has 0 aliphatic rings. The van der Waals surface area contributed by atoms with Gasteiger partial charge in [-0.2, -0.15) is 0 Å². The third kappa shape index (κ3) is 5.66. The van der Waals surface area contributed by atoms with Crippen molar-refractivity contribution in [2.75, 3.05) is 20.8 Å². The predicted molar refractivity (Wildman–Crippen MR) is 140 cm³/mol. The number of carbonyl (C=O) groups is 3. The van der Waals surface area contributed by atoms with E-state index in [1.807, 2.05) is 42.5 Å². The average Bonchev–Trinajstić information content (AvgIpc) is 3.27. The van der Waals surface area contributed by atoms with Gasteiger partial charge in [0.15, 0.2) is 5.78 Å². The summed E-state index contributed by atoms with van der Waals surface area (Å²) >= 11 is 1.10. The molecule has 4 aromatic rings. The standard InChI is InChI=1S/C28H25NO8S/c1-35-26(32)23(27(33)36-2)25(31)18-8-11-20(12-9-18)37-15-14-29-21-13-10-19(16-22(21)38-28(29)34)24(30)17-6-4-3-5-7-17/h3-13,16,23-24,30H,14-15H2,1-2H3. The van der Waals surface area contributed by atoms with Gasteiger partial charge in [-0.25, -0.2) is 0 Å². The molecule has 1 atom stereocenters. The van der Waals surface area contributed by atoms with Crippen molar-refractivity contribution in [1.82, 2.24) is 4.57 Å². The molecule has 0 radical (unpaired) electrons. The van der Waals surface area contributed by atoms with E-state index in [0.29, 0.717) is 11.3 Å². The first kappa shape index (κ1) is 26.8. The first-order chi connectivity index (χ1) is 18.3. The third-order valence-corrected chi connectivity index (χ3v) is 6.92. The quantitative estimate of drug-likeness (QED) is 0.186. The summed E-state index contributed by atoms with van der Waals surface area (Å²) in [7, 11) is 2.16. The van der Waals surface area contributed by atoms with Gasteiger partial charge < -0.3 is 19.3 Å². The van der Waals surface area contributed by atoms with Crippen LogP contribution in [0.3, 0.4) is 0 Å². The Kier molecular flexibility index (Phi) is 8.35. The highest BCUT2D eigenvalue weighted by Crippen LogP contribution is 2.27. The normalized spacial score (nSPS) is 11.8. The van der Waals surface area contributed by atoms with Gasteiger partial charge in [-0.1, -0.05) is 47.7 Å². The highest BCUT2D eigenvalue weighted by atomic mass is 32.1. The van der Waals surface area contributed by atoms with Crippen LogP contribution in [0.2, 0.25) is 0 Å². The van der Waals surface area contributed by atoms with Crippen molar-refractivity contribution >= 4 is 39.3 Å². The summed E-state index contributed by atoms with van der Waals surface area (Å²) in [6, 6.07) is 20.7. The summed E-state index contributed by atoms with van der Waals surface area (Å²) in [5, 5.41) is 10.7. The maximum absolute atomic E-state index is 12.6. The zero-order valence-electron chi connectivity index (χ0n) is 20.7. The minimum atomic E-state index is -1.70. The minimum Gasteiger partial charge on any atom is -0.492 e. The Morgan fingerprint density at radius 2 is 1.55 bits per heavy atom. The number of carbonyl (C=O) groups excluding carboxylic acids is 3. The van der Waals surface area contributed by atoms with Crippen molar-refractivity contribution < 1.29 is 33.7 Å². The topological polar surface area (TPSA) is 121 Å². The van der Waals surface area contributed by atoms with Gasteiger partial charge in [0.05, 0.1) is 31.0 Å². The Bertz CT molecular complexity index is 1490. The molecule has 0 aliphatic heterocycles. The number of Topliss-reactive ketones (excluding diaryl/α,β-unsaturated/α-hetero) is 1. The molecule has 0 saturated heterocycles. The molecular formula is C28H25NO8S. The van der Waals surface area contributed by atoms with E-state index in [1.54, 1.807) is 10.6 Å². The minimum absolute atomic E-state index is 0.117. The van der Waals surface area contributed by atoms with E-state index in [1.165, 1.54) is 24.3 Å². The molecule has 0 bridgehead atoms. The zero-order valence-corrected chi connectivity index (χ0v) is 21.5. The lowest BCUT2D eigenvalue weighted by atomic mass is 9.97. The van der Waals surface area contributed by atoms with Crippen molar-refractivity contribution in [3.8, 4) is 5.75 Å². The van der Waals surface area contributed by atoms with Gasteiger partial charge >= 0.3 is 16.8 Å². The number of methoxy groups -OCH3 is 2. The molecule has 10 heteroatoms. The molecular weight excluding hydrogens is 510 g/mol. The van der Waals surface area contributed by atoms with Crippen LogP contribution in [0, 0.1) is 5.92 Å². The molecule has 1 heterocycles. The Morgan fingerprint density at radius 3 is 2.18 bits per heavy atom. The molecule has 9 nitrogen and oxygen atoms in total. The van der Waals surface area contributed by atoms with Crippen molar-refractivity contribution in [3.05, 3.63) is 99.2 Å². The highest BCUT2D eigenvalue weighted by molar-refractivity contribution is 7.16. The number of ether oxygens (including phenoxy) is 3. The molecule has 4 rings (SSSR count). The van der Waals surface area contributed by atoms with Gasteiger partial charge in [-0.05, 0) is 47.5 Å². The van der Waals surface area contributed by atoms with Gasteiger partial charge in [-0.15, -0.1) is 0 Å². The van der Waals surface area contributed by atoms with Gasteiger partial charge in [0.25, 0.3) is 0 Å². The summed E-state index contributed by atoms with van der Waals surface area (Å²) in [6.45, 7) is 0.466. The fourth-order valence-electron chi connectivity index (χ4n) is 3.98. The average molecular weight is 536 g/mol. The maximum Gasteiger partial charge on any atom is 0.328 e. The van der Waals surface area contributed by atoms with E-state index in [9.17, 15) is 24.3 Å². The van der Waals surface area contributed by atoms with E-state index in [0.717, 1.165) is 41.3 Å². The largest absolute Gasteiger partial charge is 0.492 e. The number of esters is 2. The Hall–Kier alpha value is -4.28. The summed E-state index contributed by atoms with van der Waals surface area (Å²) < 4.78 is 17.2. The van der Waals surface area contributed by atoms with E-state index in [2.05, 4.69) is 9.47 Å². The van der Waals surface area contributed by atoms with E-state index in [-0.39, 0.29) is 23.6 Å². The number of nitrogens with zero attached hydrogens (tertiary/aromatic N) is 1. The number of aromatic nitrogens is 1. The molecule has 0 saturated carbocycles. The van der Waals surface area contributed by atoms with Crippen molar-refractivity contribution in [2.45, 2.75) is 12.6 Å². The van der Waals surface area contributed by atoms with Gasteiger partial charge in [0, 0.05) is 5.56 Å². The van der Waals surface area contributed by atoms with Gasteiger partial charge in [0.2, 0.25) is 5.92 Å². The smallest absolute Gasteiger partial charge is 0.328 e. The fraction of sp³-hybridized carbons (Fsp3) is 0.214. The number of ketones is 1. The Balaban J connectivity index is 1.42. The van der Waals surface area contributed by atoms with Crippen LogP contribution in [0.5, 0.6) is 5.75 Å². The number of hydrogen-bond acceptors (Lipinski definition) is 9. The number of benzene rings is 3. The van der Waals surface area contributed by atoms with Crippen LogP contribution in [0.15, 0.2) is 77.6 Å². The molecule has 1 aromatic heterocycles. The molecule has 0 fully saturated rings. The molecule has 1 N–H and O–H groups in total. The van der Waals surface area contributed by atoms with Crippen molar-refractivity contribution in [2.24, 2.45) is 5.92 Å². The number of fused-ring (bicyclic) bond motifs is 1. The summed E-state index contributed by atoms with van der Waals surface area (Å²) in [5.74, 6) is -4.02. The van der Waals surface area contributed by atoms with Crippen LogP contribution in [0.4, 0.5) is 0 Å². The molecule has 0 amide bonds. The van der Waals surface area contributed by atoms with Crippen LogP contribution in [-0.2, 0) is 25.6 Å². The van der Waals surface area contributed by atoms with Gasteiger partial charge in [-0.3, -0.25) is 23.7 Å². The number of thiazole rings is 1. The number of hydrogen-bond donors (Lipinski definition) is 1. The van der Waals surface area contributed by atoms with Crippen LogP contribution in [0.1, 0.15) is 27.6 Å². The highest BCUT2D eigenvalue weighted by Gasteiger charge is 2.36.